The van der Waals surface area contributed by atoms with Crippen LogP contribution < -0.4 is 5.32 Å². The van der Waals surface area contributed by atoms with E-state index in [2.05, 4.69) is 10.2 Å². The topological polar surface area (TPSA) is 45.5 Å². The SMILES string of the molecule is Cc1cc(C)c(C(=O)N[C@H]2CCCN(C3CCCCCC3)C2)o1. The van der Waals surface area contributed by atoms with Crippen LogP contribution in [0.4, 0.5) is 0 Å². The second-order valence-corrected chi connectivity index (χ2v) is 7.32. The molecule has 4 nitrogen and oxygen atoms in total. The van der Waals surface area contributed by atoms with Crippen LogP contribution in [0.15, 0.2) is 10.5 Å². The Morgan fingerprint density at radius 1 is 1.13 bits per heavy atom. The van der Waals surface area contributed by atoms with Gasteiger partial charge < -0.3 is 9.73 Å². The molecule has 1 aromatic heterocycles. The standard InChI is InChI=1S/C19H30N2O2/c1-14-12-15(2)23-18(14)19(22)20-16-8-7-11-21(13-16)17-9-5-3-4-6-10-17/h12,16-17H,3-11,13H2,1-2H3,(H,20,22)/t16-/m0/s1. The minimum atomic E-state index is -0.0525. The number of nitrogens with zero attached hydrogens (tertiary/aromatic N) is 1. The lowest BCUT2D eigenvalue weighted by molar-refractivity contribution is 0.0833. The van der Waals surface area contributed by atoms with Crippen molar-refractivity contribution in [2.75, 3.05) is 13.1 Å². The molecule has 3 rings (SSSR count). The van der Waals surface area contributed by atoms with Crippen molar-refractivity contribution in [2.24, 2.45) is 0 Å². The first-order valence-corrected chi connectivity index (χ1v) is 9.25. The molecule has 0 radical (unpaired) electrons. The molecule has 1 saturated heterocycles. The summed E-state index contributed by atoms with van der Waals surface area (Å²) in [5, 5.41) is 3.20. The Balaban J connectivity index is 1.57. The molecule has 0 unspecified atom stereocenters. The first kappa shape index (κ1) is 16.6. The number of aryl methyl sites for hydroxylation is 2. The van der Waals surface area contributed by atoms with Crippen LogP contribution in [-0.4, -0.2) is 36.0 Å². The molecule has 0 bridgehead atoms. The van der Waals surface area contributed by atoms with Crippen LogP contribution in [0.2, 0.25) is 0 Å². The summed E-state index contributed by atoms with van der Waals surface area (Å²) >= 11 is 0. The maximum Gasteiger partial charge on any atom is 0.287 e. The molecule has 2 fully saturated rings. The molecule has 1 aromatic rings. The zero-order valence-electron chi connectivity index (χ0n) is 14.6. The molecule has 1 amide bonds. The van der Waals surface area contributed by atoms with Crippen molar-refractivity contribution in [3.05, 3.63) is 23.2 Å². The molecule has 128 valence electrons. The van der Waals surface area contributed by atoms with Crippen molar-refractivity contribution >= 4 is 5.91 Å². The predicted molar refractivity (Wildman–Crippen MR) is 91.7 cm³/mol. The summed E-state index contributed by atoms with van der Waals surface area (Å²) in [6.07, 6.45) is 10.4. The highest BCUT2D eigenvalue weighted by atomic mass is 16.3. The quantitative estimate of drug-likeness (QED) is 0.862. The van der Waals surface area contributed by atoms with E-state index in [1.165, 1.54) is 51.5 Å². The number of likely N-dealkylation sites (tertiary alicyclic amines) is 1. The molecule has 23 heavy (non-hydrogen) atoms. The molecular formula is C19H30N2O2. The number of carbonyl (C=O) groups is 1. The Morgan fingerprint density at radius 3 is 2.52 bits per heavy atom. The normalized spacial score (nSPS) is 24.3. The molecule has 0 aromatic carbocycles. The number of piperidine rings is 1. The number of furan rings is 1. The van der Waals surface area contributed by atoms with E-state index >= 15 is 0 Å². The summed E-state index contributed by atoms with van der Waals surface area (Å²) in [5.41, 5.74) is 0.927. The van der Waals surface area contributed by atoms with E-state index < -0.39 is 0 Å². The van der Waals surface area contributed by atoms with Gasteiger partial charge in [-0.3, -0.25) is 9.69 Å². The van der Waals surface area contributed by atoms with E-state index in [-0.39, 0.29) is 11.9 Å². The Bertz CT molecular complexity index is 529. The van der Waals surface area contributed by atoms with E-state index in [4.69, 9.17) is 4.42 Å². The fraction of sp³-hybridized carbons (Fsp3) is 0.737. The van der Waals surface area contributed by atoms with E-state index in [0.717, 1.165) is 30.3 Å². The van der Waals surface area contributed by atoms with Gasteiger partial charge in [-0.25, -0.2) is 0 Å². The summed E-state index contributed by atoms with van der Waals surface area (Å²) in [7, 11) is 0. The van der Waals surface area contributed by atoms with Gasteiger partial charge >= 0.3 is 0 Å². The maximum atomic E-state index is 12.5. The number of hydrogen-bond donors (Lipinski definition) is 1. The van der Waals surface area contributed by atoms with E-state index in [1.807, 2.05) is 19.9 Å². The number of amides is 1. The lowest BCUT2D eigenvalue weighted by atomic mass is 10.00. The van der Waals surface area contributed by atoms with E-state index in [1.54, 1.807) is 0 Å². The highest BCUT2D eigenvalue weighted by Crippen LogP contribution is 2.25. The average Bonchev–Trinajstić information content (AvgIpc) is 2.75. The van der Waals surface area contributed by atoms with Gasteiger partial charge in [0.1, 0.15) is 5.76 Å². The molecule has 1 N–H and O–H groups in total. The second kappa shape index (κ2) is 7.52. The first-order chi connectivity index (χ1) is 11.1. The van der Waals surface area contributed by atoms with E-state index in [9.17, 15) is 4.79 Å². The van der Waals surface area contributed by atoms with Gasteiger partial charge in [0.05, 0.1) is 0 Å². The summed E-state index contributed by atoms with van der Waals surface area (Å²) in [5.74, 6) is 1.23. The van der Waals surface area contributed by atoms with Gasteiger partial charge in [0.2, 0.25) is 0 Å². The monoisotopic (exact) mass is 318 g/mol. The second-order valence-electron chi connectivity index (χ2n) is 7.32. The number of nitrogens with one attached hydrogen (secondary N) is 1. The molecule has 1 saturated carbocycles. The fourth-order valence-electron chi connectivity index (χ4n) is 4.20. The van der Waals surface area contributed by atoms with Crippen LogP contribution in [-0.2, 0) is 0 Å². The van der Waals surface area contributed by atoms with Crippen molar-refractivity contribution in [3.8, 4) is 0 Å². The highest BCUT2D eigenvalue weighted by molar-refractivity contribution is 5.93. The summed E-state index contributed by atoms with van der Waals surface area (Å²) in [6.45, 7) is 6.01. The predicted octanol–water partition coefficient (Wildman–Crippen LogP) is 3.81. The maximum absolute atomic E-state index is 12.5. The van der Waals surface area contributed by atoms with Crippen LogP contribution in [0.3, 0.4) is 0 Å². The fourth-order valence-corrected chi connectivity index (χ4v) is 4.20. The van der Waals surface area contributed by atoms with Gasteiger partial charge in [-0.15, -0.1) is 0 Å². The van der Waals surface area contributed by atoms with E-state index in [0.29, 0.717) is 5.76 Å². The van der Waals surface area contributed by atoms with Gasteiger partial charge in [-0.1, -0.05) is 25.7 Å². The Kier molecular flexibility index (Phi) is 5.42. The highest BCUT2D eigenvalue weighted by Gasteiger charge is 2.28. The molecule has 1 aliphatic carbocycles. The number of carbonyl (C=O) groups excluding carboxylic acids is 1. The first-order valence-electron chi connectivity index (χ1n) is 9.25. The Morgan fingerprint density at radius 2 is 1.87 bits per heavy atom. The van der Waals surface area contributed by atoms with Crippen LogP contribution >= 0.6 is 0 Å². The molecule has 2 heterocycles. The van der Waals surface area contributed by atoms with Gasteiger partial charge in [-0.05, 0) is 52.1 Å². The molecule has 2 aliphatic rings. The van der Waals surface area contributed by atoms with Crippen LogP contribution in [0.1, 0.15) is 73.2 Å². The Labute approximate surface area is 139 Å². The third-order valence-electron chi connectivity index (χ3n) is 5.38. The molecule has 0 spiro atoms. The lowest BCUT2D eigenvalue weighted by Gasteiger charge is -2.38. The van der Waals surface area contributed by atoms with Gasteiger partial charge in [0.25, 0.3) is 5.91 Å². The van der Waals surface area contributed by atoms with Gasteiger partial charge in [0.15, 0.2) is 5.76 Å². The zero-order chi connectivity index (χ0) is 16.2. The van der Waals surface area contributed by atoms with Gasteiger partial charge in [0, 0.05) is 24.2 Å². The third kappa shape index (κ3) is 4.17. The van der Waals surface area contributed by atoms with Crippen molar-refractivity contribution in [3.63, 3.8) is 0 Å². The molecular weight excluding hydrogens is 288 g/mol. The average molecular weight is 318 g/mol. The van der Waals surface area contributed by atoms with Crippen LogP contribution in [0, 0.1) is 13.8 Å². The smallest absolute Gasteiger partial charge is 0.287 e. The molecule has 1 aliphatic heterocycles. The summed E-state index contributed by atoms with van der Waals surface area (Å²) in [6, 6.07) is 2.90. The molecule has 4 heteroatoms. The van der Waals surface area contributed by atoms with Crippen molar-refractivity contribution < 1.29 is 9.21 Å². The third-order valence-corrected chi connectivity index (χ3v) is 5.38. The Hall–Kier alpha value is -1.29. The lowest BCUT2D eigenvalue weighted by Crippen LogP contribution is -2.50. The van der Waals surface area contributed by atoms with Gasteiger partial charge in [-0.2, -0.15) is 0 Å². The summed E-state index contributed by atoms with van der Waals surface area (Å²) in [4.78, 5) is 15.1. The summed E-state index contributed by atoms with van der Waals surface area (Å²) < 4.78 is 5.55. The van der Waals surface area contributed by atoms with Crippen molar-refractivity contribution in [1.82, 2.24) is 10.2 Å². The number of rotatable bonds is 3. The largest absolute Gasteiger partial charge is 0.456 e. The number of hydrogen-bond acceptors (Lipinski definition) is 3. The van der Waals surface area contributed by atoms with Crippen molar-refractivity contribution in [2.45, 2.75) is 77.3 Å². The zero-order valence-corrected chi connectivity index (χ0v) is 14.6. The minimum absolute atomic E-state index is 0.0525. The van der Waals surface area contributed by atoms with Crippen LogP contribution in [0.5, 0.6) is 0 Å². The minimum Gasteiger partial charge on any atom is -0.456 e. The molecule has 1 atom stereocenters. The van der Waals surface area contributed by atoms with Crippen LogP contribution in [0.25, 0.3) is 0 Å². The van der Waals surface area contributed by atoms with Crippen molar-refractivity contribution in [1.29, 1.82) is 0 Å².